The summed E-state index contributed by atoms with van der Waals surface area (Å²) in [5.41, 5.74) is 0. The highest BCUT2D eigenvalue weighted by molar-refractivity contribution is 7.86. The topological polar surface area (TPSA) is 61.9 Å². The van der Waals surface area contributed by atoms with Crippen molar-refractivity contribution in [2.24, 2.45) is 0 Å². The van der Waals surface area contributed by atoms with E-state index >= 15 is 0 Å². The van der Waals surface area contributed by atoms with Gasteiger partial charge in [-0.05, 0) is 20.8 Å². The molecule has 1 N–H and O–H groups in total. The second-order valence-corrected chi connectivity index (χ2v) is 7.22. The van der Waals surface area contributed by atoms with Crippen LogP contribution in [0.25, 0.3) is 0 Å². The van der Waals surface area contributed by atoms with E-state index in [4.69, 9.17) is 4.74 Å². The Morgan fingerprint density at radius 1 is 1.06 bits per heavy atom. The molecule has 18 heavy (non-hydrogen) atoms. The molecule has 3 atom stereocenters. The van der Waals surface area contributed by atoms with Gasteiger partial charge in [0.25, 0.3) is 10.2 Å². The van der Waals surface area contributed by atoms with Gasteiger partial charge in [0.2, 0.25) is 0 Å². The van der Waals surface area contributed by atoms with E-state index in [-0.39, 0.29) is 18.2 Å². The van der Waals surface area contributed by atoms with Gasteiger partial charge in [-0.1, -0.05) is 0 Å². The maximum Gasteiger partial charge on any atom is 0.282 e. The maximum absolute atomic E-state index is 12.5. The summed E-state index contributed by atoms with van der Waals surface area (Å²) < 4.78 is 33.8. The molecule has 2 saturated heterocycles. The predicted molar refractivity (Wildman–Crippen MR) is 69.5 cm³/mol. The molecule has 2 unspecified atom stereocenters. The highest BCUT2D eigenvalue weighted by Crippen LogP contribution is 2.18. The summed E-state index contributed by atoms with van der Waals surface area (Å²) in [4.78, 5) is 0. The summed E-state index contributed by atoms with van der Waals surface area (Å²) in [7, 11) is -3.34. The molecule has 0 aromatic rings. The molecule has 0 bridgehead atoms. The zero-order valence-corrected chi connectivity index (χ0v) is 12.1. The Hall–Kier alpha value is -0.210. The van der Waals surface area contributed by atoms with E-state index in [1.165, 1.54) is 0 Å². The lowest BCUT2D eigenvalue weighted by Crippen LogP contribution is -2.58. The molecular formula is C11H23N3O3S. The van der Waals surface area contributed by atoms with E-state index in [1.807, 2.05) is 20.8 Å². The third kappa shape index (κ3) is 3.03. The van der Waals surface area contributed by atoms with Gasteiger partial charge in [0.15, 0.2) is 0 Å². The van der Waals surface area contributed by atoms with Crippen LogP contribution < -0.4 is 5.32 Å². The monoisotopic (exact) mass is 277 g/mol. The smallest absolute Gasteiger partial charge is 0.282 e. The minimum absolute atomic E-state index is 0.0381. The van der Waals surface area contributed by atoms with Gasteiger partial charge in [-0.25, -0.2) is 0 Å². The minimum Gasteiger partial charge on any atom is -0.373 e. The van der Waals surface area contributed by atoms with Crippen LogP contribution in [0.4, 0.5) is 0 Å². The first-order chi connectivity index (χ1) is 8.39. The van der Waals surface area contributed by atoms with E-state index < -0.39 is 10.2 Å². The van der Waals surface area contributed by atoms with Gasteiger partial charge in [0, 0.05) is 38.8 Å². The van der Waals surface area contributed by atoms with Crippen LogP contribution in [0.3, 0.4) is 0 Å². The Morgan fingerprint density at radius 3 is 2.22 bits per heavy atom. The van der Waals surface area contributed by atoms with E-state index in [1.54, 1.807) is 8.61 Å². The Kier molecular flexibility index (Phi) is 4.28. The zero-order valence-electron chi connectivity index (χ0n) is 11.3. The molecule has 2 aliphatic heterocycles. The molecule has 2 rings (SSSR count). The molecule has 0 aromatic heterocycles. The van der Waals surface area contributed by atoms with Gasteiger partial charge < -0.3 is 10.1 Å². The zero-order chi connectivity index (χ0) is 13.3. The number of rotatable bonds is 2. The largest absolute Gasteiger partial charge is 0.373 e. The molecule has 0 radical (unpaired) electrons. The normalized spacial score (nSPS) is 36.7. The summed E-state index contributed by atoms with van der Waals surface area (Å²) in [5, 5.41) is 3.26. The standard InChI is InChI=1S/C11H23N3O3S/c1-9-6-13(5-4-12-9)18(15,16)14-7-10(2)17-11(3)8-14/h9-12H,4-8H2,1-3H3/t9-,10?,11?/m0/s1. The van der Waals surface area contributed by atoms with Gasteiger partial charge in [-0.2, -0.15) is 17.0 Å². The molecule has 7 heteroatoms. The number of hydrogen-bond donors (Lipinski definition) is 1. The van der Waals surface area contributed by atoms with Crippen molar-refractivity contribution >= 4 is 10.2 Å². The van der Waals surface area contributed by atoms with Crippen molar-refractivity contribution in [1.29, 1.82) is 0 Å². The Bertz CT molecular complexity index is 377. The fraction of sp³-hybridized carbons (Fsp3) is 1.00. The number of nitrogens with zero attached hydrogens (tertiary/aromatic N) is 2. The van der Waals surface area contributed by atoms with Crippen molar-refractivity contribution in [3.05, 3.63) is 0 Å². The van der Waals surface area contributed by atoms with Gasteiger partial charge in [0.05, 0.1) is 12.2 Å². The Balaban J connectivity index is 2.09. The van der Waals surface area contributed by atoms with E-state index in [0.29, 0.717) is 26.2 Å². The molecular weight excluding hydrogens is 254 g/mol. The van der Waals surface area contributed by atoms with Gasteiger partial charge >= 0.3 is 0 Å². The molecule has 2 fully saturated rings. The first-order valence-corrected chi connectivity index (χ1v) is 7.93. The van der Waals surface area contributed by atoms with E-state index in [2.05, 4.69) is 5.32 Å². The number of ether oxygens (including phenoxy) is 1. The van der Waals surface area contributed by atoms with Crippen molar-refractivity contribution in [2.75, 3.05) is 32.7 Å². The number of morpholine rings is 1. The van der Waals surface area contributed by atoms with Gasteiger partial charge in [0.1, 0.15) is 0 Å². The van der Waals surface area contributed by atoms with Crippen LogP contribution >= 0.6 is 0 Å². The summed E-state index contributed by atoms with van der Waals surface area (Å²) in [6, 6.07) is 0.212. The quantitative estimate of drug-likeness (QED) is 0.748. The lowest BCUT2D eigenvalue weighted by molar-refractivity contribution is -0.0456. The summed E-state index contributed by atoms with van der Waals surface area (Å²) in [6.45, 7) is 8.55. The predicted octanol–water partition coefficient (Wildman–Crippen LogP) is -0.366. The van der Waals surface area contributed by atoms with E-state index in [9.17, 15) is 8.42 Å². The second-order valence-electron chi connectivity index (χ2n) is 5.30. The SMILES string of the molecule is CC1CN(S(=O)(=O)N2CCN[C@@H](C)C2)CC(C)O1. The number of nitrogens with one attached hydrogen (secondary N) is 1. The minimum atomic E-state index is -3.34. The fourth-order valence-corrected chi connectivity index (χ4v) is 4.45. The third-order valence-electron chi connectivity index (χ3n) is 3.37. The number of piperazine rings is 1. The van der Waals surface area contributed by atoms with Crippen LogP contribution in [0.5, 0.6) is 0 Å². The second kappa shape index (κ2) is 5.42. The maximum atomic E-state index is 12.5. The average Bonchev–Trinajstić information content (AvgIpc) is 2.27. The molecule has 0 saturated carbocycles. The van der Waals surface area contributed by atoms with Gasteiger partial charge in [-0.3, -0.25) is 0 Å². The van der Waals surface area contributed by atoms with E-state index in [0.717, 1.165) is 6.54 Å². The molecule has 2 aliphatic rings. The lowest BCUT2D eigenvalue weighted by Gasteiger charge is -2.39. The summed E-state index contributed by atoms with van der Waals surface area (Å²) in [5.74, 6) is 0. The van der Waals surface area contributed by atoms with Crippen LogP contribution in [0, 0.1) is 0 Å². The average molecular weight is 277 g/mol. The molecule has 0 aliphatic carbocycles. The Labute approximate surface area is 109 Å². The van der Waals surface area contributed by atoms with Crippen LogP contribution in [0.2, 0.25) is 0 Å². The highest BCUT2D eigenvalue weighted by Gasteiger charge is 2.36. The molecule has 106 valence electrons. The van der Waals surface area contributed by atoms with Crippen LogP contribution in [0.15, 0.2) is 0 Å². The molecule has 2 heterocycles. The Morgan fingerprint density at radius 2 is 1.67 bits per heavy atom. The van der Waals surface area contributed by atoms with Crippen molar-refractivity contribution in [2.45, 2.75) is 39.0 Å². The highest BCUT2D eigenvalue weighted by atomic mass is 32.2. The van der Waals surface area contributed by atoms with Gasteiger partial charge in [-0.15, -0.1) is 0 Å². The van der Waals surface area contributed by atoms with Crippen molar-refractivity contribution < 1.29 is 13.2 Å². The first-order valence-electron chi connectivity index (χ1n) is 6.53. The molecule has 0 spiro atoms. The van der Waals surface area contributed by atoms with Crippen molar-refractivity contribution in [3.8, 4) is 0 Å². The van der Waals surface area contributed by atoms with Crippen LogP contribution in [0.1, 0.15) is 20.8 Å². The molecule has 0 aromatic carbocycles. The molecule has 6 nitrogen and oxygen atoms in total. The summed E-state index contributed by atoms with van der Waals surface area (Å²) in [6.07, 6.45) is -0.0762. The van der Waals surface area contributed by atoms with Crippen LogP contribution in [-0.2, 0) is 14.9 Å². The van der Waals surface area contributed by atoms with Crippen molar-refractivity contribution in [1.82, 2.24) is 13.9 Å². The fourth-order valence-electron chi connectivity index (χ4n) is 2.59. The summed E-state index contributed by atoms with van der Waals surface area (Å²) >= 11 is 0. The molecule has 0 amide bonds. The lowest BCUT2D eigenvalue weighted by atomic mass is 10.3. The van der Waals surface area contributed by atoms with Crippen LogP contribution in [-0.4, -0.2) is 68.0 Å². The number of hydrogen-bond acceptors (Lipinski definition) is 4. The third-order valence-corrected chi connectivity index (χ3v) is 5.31. The van der Waals surface area contributed by atoms with Crippen molar-refractivity contribution in [3.63, 3.8) is 0 Å². The first kappa shape index (κ1) is 14.2.